The maximum atomic E-state index is 4.06. The molecule has 0 unspecified atom stereocenters. The van der Waals surface area contributed by atoms with E-state index in [1.807, 2.05) is 13.0 Å². The number of fused-ring (bicyclic) bond motifs is 9. The SMILES string of the molecule is C=C(C)/C=C\C(C)=C\C(=C)C(C)(C)C.CC1(C)c2cc(-c3ccc4c(c3)-c3ccc5ccccc5c3C4(C)C)ccc2-c2c1cc1ccc3cccc4ccc2c1c34. The van der Waals surface area contributed by atoms with Crippen LogP contribution in [0.5, 0.6) is 0 Å². The summed E-state index contributed by atoms with van der Waals surface area (Å²) in [6, 6.07) is 46.3. The predicted octanol–water partition coefficient (Wildman–Crippen LogP) is 16.7. The van der Waals surface area contributed by atoms with E-state index < -0.39 is 0 Å². The molecule has 0 atom stereocenters. The molecule has 0 amide bonds. The molecular formula is C58H54. The van der Waals surface area contributed by atoms with Crippen molar-refractivity contribution in [3.63, 3.8) is 0 Å². The van der Waals surface area contributed by atoms with Crippen molar-refractivity contribution in [3.8, 4) is 33.4 Å². The van der Waals surface area contributed by atoms with E-state index >= 15 is 0 Å². The Morgan fingerprint density at radius 3 is 1.90 bits per heavy atom. The Kier molecular flexibility index (Phi) is 8.61. The molecule has 0 N–H and O–H groups in total. The quantitative estimate of drug-likeness (QED) is 0.124. The lowest BCUT2D eigenvalue weighted by molar-refractivity contribution is 0.518. The summed E-state index contributed by atoms with van der Waals surface area (Å²) in [4.78, 5) is 0. The van der Waals surface area contributed by atoms with Gasteiger partial charge in [0.05, 0.1) is 0 Å². The van der Waals surface area contributed by atoms with Crippen molar-refractivity contribution in [2.75, 3.05) is 0 Å². The first-order valence-electron chi connectivity index (χ1n) is 20.8. The van der Waals surface area contributed by atoms with Gasteiger partial charge < -0.3 is 0 Å². The molecule has 0 saturated carbocycles. The molecule has 2 aliphatic rings. The molecule has 0 spiro atoms. The van der Waals surface area contributed by atoms with Crippen LogP contribution in [0.2, 0.25) is 0 Å². The van der Waals surface area contributed by atoms with Crippen LogP contribution in [0.4, 0.5) is 0 Å². The molecule has 0 heterocycles. The van der Waals surface area contributed by atoms with Crippen LogP contribution in [0.15, 0.2) is 169 Å². The van der Waals surface area contributed by atoms with Gasteiger partial charge in [-0.3, -0.25) is 0 Å². The van der Waals surface area contributed by atoms with E-state index in [9.17, 15) is 0 Å². The molecule has 0 bridgehead atoms. The number of hydrogen-bond donors (Lipinski definition) is 0. The van der Waals surface area contributed by atoms with Crippen molar-refractivity contribution in [1.82, 2.24) is 0 Å². The van der Waals surface area contributed by atoms with Gasteiger partial charge in [0.25, 0.3) is 0 Å². The fourth-order valence-corrected chi connectivity index (χ4v) is 9.81. The molecule has 10 rings (SSSR count). The van der Waals surface area contributed by atoms with Gasteiger partial charge in [-0.2, -0.15) is 0 Å². The van der Waals surface area contributed by atoms with Gasteiger partial charge in [0.15, 0.2) is 0 Å². The summed E-state index contributed by atoms with van der Waals surface area (Å²) >= 11 is 0. The van der Waals surface area contributed by atoms with Gasteiger partial charge in [-0.15, -0.1) is 0 Å². The molecule has 286 valence electrons. The minimum atomic E-state index is -0.0879. The summed E-state index contributed by atoms with van der Waals surface area (Å²) < 4.78 is 0. The molecule has 0 aromatic heterocycles. The van der Waals surface area contributed by atoms with E-state index in [2.05, 4.69) is 202 Å². The van der Waals surface area contributed by atoms with Gasteiger partial charge >= 0.3 is 0 Å². The molecule has 0 nitrogen and oxygen atoms in total. The second-order valence-electron chi connectivity index (χ2n) is 19.0. The highest BCUT2D eigenvalue weighted by molar-refractivity contribution is 6.26. The zero-order valence-electron chi connectivity index (χ0n) is 35.7. The summed E-state index contributed by atoms with van der Waals surface area (Å²) in [5.41, 5.74) is 17.3. The normalized spacial score (nSPS) is 15.1. The third-order valence-corrected chi connectivity index (χ3v) is 13.1. The Morgan fingerprint density at radius 2 is 1.16 bits per heavy atom. The molecule has 8 aromatic rings. The van der Waals surface area contributed by atoms with E-state index in [1.165, 1.54) is 104 Å². The highest BCUT2D eigenvalue weighted by Crippen LogP contribution is 2.55. The lowest BCUT2D eigenvalue weighted by Crippen LogP contribution is -2.15. The minimum absolute atomic E-state index is 0.0351. The largest absolute Gasteiger partial charge is 0.0961 e. The third kappa shape index (κ3) is 5.88. The third-order valence-electron chi connectivity index (χ3n) is 13.1. The van der Waals surface area contributed by atoms with Crippen molar-refractivity contribution in [3.05, 3.63) is 192 Å². The summed E-state index contributed by atoms with van der Waals surface area (Å²) in [6.45, 7) is 28.0. The Balaban J connectivity index is 0.000000269. The first-order valence-corrected chi connectivity index (χ1v) is 20.8. The van der Waals surface area contributed by atoms with Gasteiger partial charge in [-0.05, 0) is 142 Å². The van der Waals surface area contributed by atoms with E-state index in [-0.39, 0.29) is 16.2 Å². The zero-order chi connectivity index (χ0) is 40.9. The van der Waals surface area contributed by atoms with E-state index in [4.69, 9.17) is 0 Å². The second kappa shape index (κ2) is 13.3. The summed E-state index contributed by atoms with van der Waals surface area (Å²) in [6.07, 6.45) is 6.21. The highest BCUT2D eigenvalue weighted by atomic mass is 14.4. The van der Waals surface area contributed by atoms with Crippen LogP contribution in [0.25, 0.3) is 76.5 Å². The molecule has 0 fully saturated rings. The second-order valence-corrected chi connectivity index (χ2v) is 19.0. The smallest absolute Gasteiger partial charge is 0.0165 e. The molecular weight excluding hydrogens is 697 g/mol. The van der Waals surface area contributed by atoms with Crippen LogP contribution in [0.3, 0.4) is 0 Å². The molecule has 58 heavy (non-hydrogen) atoms. The average Bonchev–Trinajstić information content (AvgIpc) is 3.57. The summed E-state index contributed by atoms with van der Waals surface area (Å²) in [5, 5.41) is 10.8. The number of allylic oxidation sites excluding steroid dienone is 6. The van der Waals surface area contributed by atoms with Crippen molar-refractivity contribution in [1.29, 1.82) is 0 Å². The fraction of sp³-hybridized carbons (Fsp3) is 0.207. The minimum Gasteiger partial charge on any atom is -0.0961 e. The van der Waals surface area contributed by atoms with E-state index in [1.54, 1.807) is 0 Å². The zero-order valence-corrected chi connectivity index (χ0v) is 35.7. The van der Waals surface area contributed by atoms with Crippen LogP contribution in [-0.2, 0) is 10.8 Å². The van der Waals surface area contributed by atoms with Crippen molar-refractivity contribution in [2.24, 2.45) is 5.41 Å². The lowest BCUT2D eigenvalue weighted by Gasteiger charge is -2.24. The standard InChI is InChI=1S/C44H32.C14H22/c1-43(2)37-23-29(28-17-21-36-35(22-28)32-18-14-25-8-5-6-11-31(25)42(32)44(36,3)4)16-19-33(37)41-34-20-15-27-10-7-9-26-12-13-30(24-38(41)43)40(34)39(26)27;1-11(2)8-9-12(3)10-13(4)14(5,6)7/h5-24H,1-4H3;8-10H,1,4H2,2-3,5-7H3/b;9-8-,12-10+. The molecule has 0 radical (unpaired) electrons. The Hall–Kier alpha value is -5.98. The van der Waals surface area contributed by atoms with Crippen LogP contribution in [0, 0.1) is 5.41 Å². The van der Waals surface area contributed by atoms with Crippen molar-refractivity contribution >= 4 is 43.1 Å². The summed E-state index contributed by atoms with van der Waals surface area (Å²) in [5.74, 6) is 0. The van der Waals surface area contributed by atoms with Gasteiger partial charge in [0.2, 0.25) is 0 Å². The average molecular weight is 751 g/mol. The maximum absolute atomic E-state index is 4.06. The lowest BCUT2D eigenvalue weighted by atomic mass is 9.79. The Labute approximate surface area is 345 Å². The number of benzene rings is 8. The summed E-state index contributed by atoms with van der Waals surface area (Å²) in [7, 11) is 0. The van der Waals surface area contributed by atoms with Crippen LogP contribution >= 0.6 is 0 Å². The monoisotopic (exact) mass is 750 g/mol. The van der Waals surface area contributed by atoms with Gasteiger partial charge in [0, 0.05) is 10.8 Å². The molecule has 0 heteroatoms. The van der Waals surface area contributed by atoms with Crippen molar-refractivity contribution < 1.29 is 0 Å². The van der Waals surface area contributed by atoms with Gasteiger partial charge in [-0.1, -0.05) is 194 Å². The van der Waals surface area contributed by atoms with Crippen LogP contribution in [0.1, 0.15) is 84.6 Å². The van der Waals surface area contributed by atoms with Crippen LogP contribution in [-0.4, -0.2) is 0 Å². The molecule has 0 saturated heterocycles. The first-order chi connectivity index (χ1) is 27.6. The molecule has 0 aliphatic heterocycles. The van der Waals surface area contributed by atoms with Crippen molar-refractivity contribution in [2.45, 2.75) is 73.1 Å². The number of hydrogen-bond acceptors (Lipinski definition) is 0. The predicted molar refractivity (Wildman–Crippen MR) is 255 cm³/mol. The Bertz CT molecular complexity index is 3060. The van der Waals surface area contributed by atoms with E-state index in [0.29, 0.717) is 0 Å². The fourth-order valence-electron chi connectivity index (χ4n) is 9.81. The molecule has 2 aliphatic carbocycles. The first kappa shape index (κ1) is 37.6. The number of rotatable bonds is 4. The van der Waals surface area contributed by atoms with E-state index in [0.717, 1.165) is 11.1 Å². The highest BCUT2D eigenvalue weighted by Gasteiger charge is 2.39. The van der Waals surface area contributed by atoms with Gasteiger partial charge in [0.1, 0.15) is 0 Å². The topological polar surface area (TPSA) is 0 Å². The van der Waals surface area contributed by atoms with Crippen LogP contribution < -0.4 is 0 Å². The van der Waals surface area contributed by atoms with Gasteiger partial charge in [-0.25, -0.2) is 0 Å². The maximum Gasteiger partial charge on any atom is 0.0165 e. The Morgan fingerprint density at radius 1 is 0.517 bits per heavy atom. The molecule has 8 aromatic carbocycles.